The molecule has 1 rings (SSSR count). The van der Waals surface area contributed by atoms with Gasteiger partial charge < -0.3 is 5.73 Å². The van der Waals surface area contributed by atoms with Crippen molar-refractivity contribution in [2.45, 2.75) is 31.2 Å². The molecule has 2 N–H and O–H groups in total. The normalized spacial score (nSPS) is 12.8. The number of rotatable bonds is 4. The minimum absolute atomic E-state index is 0.325. The summed E-state index contributed by atoms with van der Waals surface area (Å²) in [5, 5.41) is 0. The van der Waals surface area contributed by atoms with Gasteiger partial charge >= 0.3 is 0 Å². The van der Waals surface area contributed by atoms with Crippen molar-refractivity contribution >= 4 is 11.8 Å². The maximum atomic E-state index is 5.83. The molecule has 0 amide bonds. The van der Waals surface area contributed by atoms with Crippen LogP contribution >= 0.6 is 11.8 Å². The molecule has 0 saturated heterocycles. The number of aryl methyl sites for hydroxylation is 1. The third-order valence-electron chi connectivity index (χ3n) is 2.01. The fourth-order valence-electron chi connectivity index (χ4n) is 0.956. The second kappa shape index (κ2) is 5.30. The Bertz CT molecular complexity index is 243. The first kappa shape index (κ1) is 10.6. The molecule has 0 fully saturated rings. The third-order valence-corrected chi connectivity index (χ3v) is 3.21. The lowest BCUT2D eigenvalue weighted by Crippen LogP contribution is -2.21. The van der Waals surface area contributed by atoms with Crippen molar-refractivity contribution in [1.29, 1.82) is 0 Å². The maximum Gasteiger partial charge on any atom is 0.0132 e. The summed E-state index contributed by atoms with van der Waals surface area (Å²) < 4.78 is 0. The zero-order valence-corrected chi connectivity index (χ0v) is 9.10. The Morgan fingerprint density at radius 1 is 1.31 bits per heavy atom. The molecule has 0 aliphatic carbocycles. The molecule has 0 bridgehead atoms. The highest BCUT2D eigenvalue weighted by atomic mass is 32.2. The van der Waals surface area contributed by atoms with Gasteiger partial charge in [-0.05, 0) is 25.5 Å². The first-order valence-corrected chi connectivity index (χ1v) is 5.66. The van der Waals surface area contributed by atoms with Crippen LogP contribution in [0, 0.1) is 6.92 Å². The summed E-state index contributed by atoms with van der Waals surface area (Å²) in [5.41, 5.74) is 7.14. The summed E-state index contributed by atoms with van der Waals surface area (Å²) in [5.74, 6) is 1.01. The molecular formula is C11H17NS. The minimum atomic E-state index is 0.325. The second-order valence-corrected chi connectivity index (χ2v) is 4.39. The van der Waals surface area contributed by atoms with Crippen LogP contribution in [0.25, 0.3) is 0 Å². The van der Waals surface area contributed by atoms with E-state index in [0.29, 0.717) is 6.04 Å². The molecule has 0 aromatic heterocycles. The minimum Gasteiger partial charge on any atom is -0.327 e. The van der Waals surface area contributed by atoms with Crippen molar-refractivity contribution in [3.05, 3.63) is 29.8 Å². The summed E-state index contributed by atoms with van der Waals surface area (Å²) in [6.07, 6.45) is 1.05. The smallest absolute Gasteiger partial charge is 0.0132 e. The van der Waals surface area contributed by atoms with Crippen LogP contribution in [0.1, 0.15) is 18.9 Å². The standard InChI is InChI=1S/C11H17NS/c1-3-10(12)8-13-11-6-4-9(2)5-7-11/h4-7,10H,3,8,12H2,1-2H3/t10-/m0/s1. The first-order valence-electron chi connectivity index (χ1n) is 4.67. The quantitative estimate of drug-likeness (QED) is 0.748. The van der Waals surface area contributed by atoms with Crippen LogP contribution in [0.5, 0.6) is 0 Å². The van der Waals surface area contributed by atoms with E-state index in [0.717, 1.165) is 12.2 Å². The van der Waals surface area contributed by atoms with Crippen molar-refractivity contribution in [3.63, 3.8) is 0 Å². The van der Waals surface area contributed by atoms with Crippen molar-refractivity contribution < 1.29 is 0 Å². The Morgan fingerprint density at radius 2 is 1.92 bits per heavy atom. The zero-order chi connectivity index (χ0) is 9.68. The van der Waals surface area contributed by atoms with Crippen LogP contribution in [-0.2, 0) is 0 Å². The van der Waals surface area contributed by atoms with Crippen molar-refractivity contribution in [2.24, 2.45) is 5.73 Å². The highest BCUT2D eigenvalue weighted by Gasteiger charge is 1.99. The van der Waals surface area contributed by atoms with Gasteiger partial charge in [-0.3, -0.25) is 0 Å². The fraction of sp³-hybridized carbons (Fsp3) is 0.455. The van der Waals surface area contributed by atoms with E-state index in [9.17, 15) is 0 Å². The van der Waals surface area contributed by atoms with E-state index in [1.807, 2.05) is 11.8 Å². The average Bonchev–Trinajstić information content (AvgIpc) is 2.16. The SMILES string of the molecule is CC[C@H](N)CSc1ccc(C)cc1. The molecule has 1 atom stereocenters. The van der Waals surface area contributed by atoms with Crippen LogP contribution in [0.3, 0.4) is 0 Å². The second-order valence-electron chi connectivity index (χ2n) is 3.29. The largest absolute Gasteiger partial charge is 0.327 e. The van der Waals surface area contributed by atoms with E-state index >= 15 is 0 Å². The average molecular weight is 195 g/mol. The molecule has 0 aliphatic rings. The Morgan fingerprint density at radius 3 is 2.46 bits per heavy atom. The molecule has 0 radical (unpaired) electrons. The van der Waals surface area contributed by atoms with E-state index in [1.165, 1.54) is 10.5 Å². The number of hydrogen-bond acceptors (Lipinski definition) is 2. The molecule has 0 spiro atoms. The highest BCUT2D eigenvalue weighted by molar-refractivity contribution is 7.99. The van der Waals surface area contributed by atoms with Crippen molar-refractivity contribution in [1.82, 2.24) is 0 Å². The first-order chi connectivity index (χ1) is 6.22. The molecule has 0 saturated carbocycles. The van der Waals surface area contributed by atoms with Crippen LogP contribution in [0.15, 0.2) is 29.2 Å². The number of nitrogens with two attached hydrogens (primary N) is 1. The van der Waals surface area contributed by atoms with Gasteiger partial charge in [-0.15, -0.1) is 11.8 Å². The number of benzene rings is 1. The Labute approximate surface area is 84.7 Å². The topological polar surface area (TPSA) is 26.0 Å². The molecule has 72 valence electrons. The van der Waals surface area contributed by atoms with Crippen molar-refractivity contribution in [3.8, 4) is 0 Å². The summed E-state index contributed by atoms with van der Waals surface area (Å²) in [6.45, 7) is 4.23. The molecule has 0 unspecified atom stereocenters. The Balaban J connectivity index is 2.41. The monoisotopic (exact) mass is 195 g/mol. The molecule has 1 aromatic rings. The molecule has 0 aliphatic heterocycles. The molecule has 0 heterocycles. The Hall–Kier alpha value is -0.470. The summed E-state index contributed by atoms with van der Waals surface area (Å²) in [6, 6.07) is 8.91. The molecule has 1 nitrogen and oxygen atoms in total. The maximum absolute atomic E-state index is 5.83. The Kier molecular flexibility index (Phi) is 4.33. The van der Waals surface area contributed by atoms with Gasteiger partial charge in [-0.1, -0.05) is 24.6 Å². The predicted molar refractivity (Wildman–Crippen MR) is 60.2 cm³/mol. The predicted octanol–water partition coefficient (Wildman–Crippen LogP) is 2.82. The lowest BCUT2D eigenvalue weighted by atomic mass is 10.2. The van der Waals surface area contributed by atoms with Gasteiger partial charge in [0.15, 0.2) is 0 Å². The van der Waals surface area contributed by atoms with Crippen LogP contribution < -0.4 is 5.73 Å². The van der Waals surface area contributed by atoms with E-state index in [2.05, 4.69) is 38.1 Å². The van der Waals surface area contributed by atoms with Crippen LogP contribution in [-0.4, -0.2) is 11.8 Å². The fourth-order valence-corrected chi connectivity index (χ4v) is 1.93. The van der Waals surface area contributed by atoms with Crippen LogP contribution in [0.2, 0.25) is 0 Å². The lowest BCUT2D eigenvalue weighted by Gasteiger charge is -2.07. The highest BCUT2D eigenvalue weighted by Crippen LogP contribution is 2.19. The zero-order valence-electron chi connectivity index (χ0n) is 8.29. The van der Waals surface area contributed by atoms with E-state index in [1.54, 1.807) is 0 Å². The number of hydrogen-bond donors (Lipinski definition) is 1. The van der Waals surface area contributed by atoms with Crippen LogP contribution in [0.4, 0.5) is 0 Å². The van der Waals surface area contributed by atoms with Gasteiger partial charge in [0.25, 0.3) is 0 Å². The summed E-state index contributed by atoms with van der Waals surface area (Å²) in [7, 11) is 0. The molecule has 13 heavy (non-hydrogen) atoms. The molecule has 2 heteroatoms. The van der Waals surface area contributed by atoms with Gasteiger partial charge in [0, 0.05) is 16.7 Å². The van der Waals surface area contributed by atoms with E-state index < -0.39 is 0 Å². The summed E-state index contributed by atoms with van der Waals surface area (Å²) in [4.78, 5) is 1.31. The van der Waals surface area contributed by atoms with Gasteiger partial charge in [-0.2, -0.15) is 0 Å². The molecular weight excluding hydrogens is 178 g/mol. The van der Waals surface area contributed by atoms with E-state index in [4.69, 9.17) is 5.73 Å². The van der Waals surface area contributed by atoms with Gasteiger partial charge in [-0.25, -0.2) is 0 Å². The lowest BCUT2D eigenvalue weighted by molar-refractivity contribution is 0.725. The van der Waals surface area contributed by atoms with Crippen molar-refractivity contribution in [2.75, 3.05) is 5.75 Å². The van der Waals surface area contributed by atoms with Gasteiger partial charge in [0.05, 0.1) is 0 Å². The van der Waals surface area contributed by atoms with E-state index in [-0.39, 0.29) is 0 Å². The van der Waals surface area contributed by atoms with Gasteiger partial charge in [0.2, 0.25) is 0 Å². The third kappa shape index (κ3) is 3.83. The molecule has 1 aromatic carbocycles. The van der Waals surface area contributed by atoms with Gasteiger partial charge in [0.1, 0.15) is 0 Å². The number of thioether (sulfide) groups is 1. The summed E-state index contributed by atoms with van der Waals surface area (Å²) >= 11 is 1.84.